The molecule has 0 radical (unpaired) electrons. The van der Waals surface area contributed by atoms with Gasteiger partial charge in [-0.1, -0.05) is 378 Å². The molecule has 0 saturated heterocycles. The van der Waals surface area contributed by atoms with Crippen molar-refractivity contribution in [3.05, 3.63) is 509 Å². The summed E-state index contributed by atoms with van der Waals surface area (Å²) in [5.74, 6) is 3.65. The second-order valence-corrected chi connectivity index (χ2v) is 38.4. The third-order valence-corrected chi connectivity index (χ3v) is 29.7. The van der Waals surface area contributed by atoms with Gasteiger partial charge in [0.05, 0.1) is 44.1 Å². The third kappa shape index (κ3) is 14.2. The number of nitrogens with zero attached hydrogens (tertiary/aromatic N) is 10. The van der Waals surface area contributed by atoms with Gasteiger partial charge in [0.25, 0.3) is 0 Å². The molecule has 10 nitrogen and oxygen atoms in total. The van der Waals surface area contributed by atoms with Crippen LogP contribution in [0.5, 0.6) is 0 Å². The van der Waals surface area contributed by atoms with Gasteiger partial charge >= 0.3 is 0 Å². The topological polar surface area (TPSA) is 97.1 Å². The zero-order chi connectivity index (χ0) is 95.9. The normalized spacial score (nSPS) is 12.3. The van der Waals surface area contributed by atoms with Gasteiger partial charge in [-0.25, -0.2) is 29.9 Å². The highest BCUT2D eigenvalue weighted by Gasteiger charge is 2.36. The SMILES string of the molecule is CC1(C)c2ccccc2-c2ccc(-c3nc(-c4cccc(-n5c6ccccc6c6cc(-c7ccccc7)ccc65)c4)nc(-c4cccc(-n5c6ccccc6c6cc(-c7ccccc7)ccc65)c4)n3)cc21.c1ccc(-c2ccc3c(c2)c2ccccc2n3-c2cccc(-c3nc(-c4cccc(-n5c6ccccc6c6cc(-c7ccccc7)ccc65)c4)nc(-c4ccc5c6ccccc6c6ccccc6c5c4)n3)c2)cc1. The van der Waals surface area contributed by atoms with Gasteiger partial charge in [0.15, 0.2) is 34.9 Å². The van der Waals surface area contributed by atoms with Crippen LogP contribution in [0.2, 0.25) is 0 Å². The molecule has 6 aromatic heterocycles. The fourth-order valence-electron chi connectivity index (χ4n) is 22.8. The van der Waals surface area contributed by atoms with Crippen LogP contribution in [0.3, 0.4) is 0 Å². The molecule has 0 spiro atoms. The minimum Gasteiger partial charge on any atom is -0.309 e. The zero-order valence-corrected chi connectivity index (χ0v) is 79.3. The molecular formula is C135H88N10. The highest BCUT2D eigenvalue weighted by atomic mass is 15.1. The minimum atomic E-state index is -0.183. The average molecular weight is 1850 g/mol. The summed E-state index contributed by atoms with van der Waals surface area (Å²) in [6.07, 6.45) is 0. The molecule has 1 aliphatic carbocycles. The van der Waals surface area contributed by atoms with Gasteiger partial charge in [-0.15, -0.1) is 0 Å². The van der Waals surface area contributed by atoms with Crippen LogP contribution in [-0.2, 0) is 5.41 Å². The molecule has 0 N–H and O–H groups in total. The van der Waals surface area contributed by atoms with Gasteiger partial charge in [0, 0.05) is 105 Å². The van der Waals surface area contributed by atoms with Crippen LogP contribution in [0.1, 0.15) is 25.0 Å². The zero-order valence-electron chi connectivity index (χ0n) is 79.3. The Morgan fingerprint density at radius 3 is 0.683 bits per heavy atom. The molecule has 0 atom stereocenters. The Morgan fingerprint density at radius 1 is 0.138 bits per heavy atom. The number of hydrogen-bond acceptors (Lipinski definition) is 6. The summed E-state index contributed by atoms with van der Waals surface area (Å²) in [5, 5.41) is 16.9. The number of para-hydroxylation sites is 4. The van der Waals surface area contributed by atoms with Gasteiger partial charge in [-0.3, -0.25) is 0 Å². The third-order valence-electron chi connectivity index (χ3n) is 29.7. The molecule has 0 aliphatic heterocycles. The van der Waals surface area contributed by atoms with Crippen molar-refractivity contribution < 1.29 is 0 Å². The van der Waals surface area contributed by atoms with E-state index in [1.165, 1.54) is 137 Å². The van der Waals surface area contributed by atoms with E-state index in [-0.39, 0.29) is 5.41 Å². The lowest BCUT2D eigenvalue weighted by molar-refractivity contribution is 0.660. The van der Waals surface area contributed by atoms with E-state index in [1.807, 2.05) is 0 Å². The molecule has 1 aliphatic rings. The summed E-state index contributed by atoms with van der Waals surface area (Å²) in [7, 11) is 0. The van der Waals surface area contributed by atoms with E-state index in [9.17, 15) is 0 Å². The largest absolute Gasteiger partial charge is 0.309 e. The second-order valence-electron chi connectivity index (χ2n) is 38.4. The predicted molar refractivity (Wildman–Crippen MR) is 601 cm³/mol. The maximum Gasteiger partial charge on any atom is 0.164 e. The number of benzene rings is 22. The van der Waals surface area contributed by atoms with Crippen molar-refractivity contribution in [3.63, 3.8) is 0 Å². The van der Waals surface area contributed by atoms with E-state index in [4.69, 9.17) is 29.9 Å². The summed E-state index contributed by atoms with van der Waals surface area (Å²) in [6.45, 7) is 4.63. The molecule has 28 aromatic rings. The maximum absolute atomic E-state index is 5.40. The van der Waals surface area contributed by atoms with Crippen LogP contribution in [0.15, 0.2) is 497 Å². The lowest BCUT2D eigenvalue weighted by Crippen LogP contribution is -2.15. The molecule has 0 fully saturated rings. The first-order valence-corrected chi connectivity index (χ1v) is 49.5. The quantitative estimate of drug-likeness (QED) is 0.101. The maximum atomic E-state index is 5.40. The summed E-state index contributed by atoms with van der Waals surface area (Å²) in [6, 6.07) is 178. The summed E-state index contributed by atoms with van der Waals surface area (Å²) in [4.78, 5) is 32.3. The van der Waals surface area contributed by atoms with Gasteiger partial charge in [0.2, 0.25) is 0 Å². The first kappa shape index (κ1) is 84.0. The van der Waals surface area contributed by atoms with Gasteiger partial charge in [-0.2, -0.15) is 0 Å². The smallest absolute Gasteiger partial charge is 0.164 e. The van der Waals surface area contributed by atoms with Crippen molar-refractivity contribution in [3.8, 4) is 147 Å². The molecule has 678 valence electrons. The van der Waals surface area contributed by atoms with E-state index in [1.54, 1.807) is 0 Å². The number of aromatic nitrogens is 10. The Hall–Kier alpha value is -19.2. The van der Waals surface area contributed by atoms with Gasteiger partial charge < -0.3 is 18.3 Å². The molecule has 6 heterocycles. The fourth-order valence-corrected chi connectivity index (χ4v) is 22.8. The second kappa shape index (κ2) is 34.1. The van der Waals surface area contributed by atoms with Crippen LogP contribution >= 0.6 is 0 Å². The molecule has 29 rings (SSSR count). The summed E-state index contributed by atoms with van der Waals surface area (Å²) < 4.78 is 9.46. The summed E-state index contributed by atoms with van der Waals surface area (Å²) >= 11 is 0. The number of rotatable bonds is 14. The van der Waals surface area contributed by atoms with Crippen molar-refractivity contribution in [2.75, 3.05) is 0 Å². The standard InChI is InChI=1S/C69H43N5.C66H45N5/c1-3-17-44(18-4-1)46-34-37-65-61(41-46)58-29-11-13-31-63(58)73(65)51-23-15-21-48(39-51)67-70-68(72-69(71-67)50-33-36-57-55-27-8-7-25-53(55)54-26-9-10-28-56(54)60(57)43-50)49-22-16-24-52(40-49)74-64-32-14-12-30-59(64)62-42-47(35-38-66(62)74)45-19-5-2-6-20-45;1-66(2)57-28-12-9-25-51(57)52-34-31-48(41-58(52)66)65-68-63(46-21-15-23-49(37-46)70-59-29-13-10-26-53(59)55-39-44(32-35-61(55)70)42-17-5-3-6-18-42)67-64(69-65)47-22-16-24-50(38-47)71-60-30-14-11-27-54(60)56-40-45(33-36-62(56)71)43-19-7-4-8-20-43/h1-43H;3-41H,1-2H3. The van der Waals surface area contributed by atoms with Crippen molar-refractivity contribution in [2.24, 2.45) is 0 Å². The number of fused-ring (bicyclic) bond motifs is 21. The lowest BCUT2D eigenvalue weighted by atomic mass is 9.82. The molecule has 22 aromatic carbocycles. The predicted octanol–water partition coefficient (Wildman–Crippen LogP) is 34.6. The fraction of sp³-hybridized carbons (Fsp3) is 0.0222. The molecule has 0 saturated carbocycles. The Bertz CT molecular complexity index is 9660. The van der Waals surface area contributed by atoms with E-state index < -0.39 is 0 Å². The number of hydrogen-bond donors (Lipinski definition) is 0. The van der Waals surface area contributed by atoms with Gasteiger partial charge in [-0.05, 0) is 233 Å². The van der Waals surface area contributed by atoms with Crippen LogP contribution in [0.25, 0.3) is 266 Å². The lowest BCUT2D eigenvalue weighted by Gasteiger charge is -2.21. The first-order valence-electron chi connectivity index (χ1n) is 49.5. The molecule has 145 heavy (non-hydrogen) atoms. The highest BCUT2D eigenvalue weighted by molar-refractivity contribution is 6.26. The monoisotopic (exact) mass is 1850 g/mol. The molecule has 0 unspecified atom stereocenters. The molecule has 0 amide bonds. The molecule has 0 bridgehead atoms. The Balaban J connectivity index is 0.000000141. The van der Waals surface area contributed by atoms with Crippen molar-refractivity contribution in [2.45, 2.75) is 19.3 Å². The molecular weight excluding hydrogens is 1760 g/mol. The molecule has 10 heteroatoms. The Morgan fingerprint density at radius 2 is 0.359 bits per heavy atom. The minimum absolute atomic E-state index is 0.183. The van der Waals surface area contributed by atoms with Gasteiger partial charge in [0.1, 0.15) is 0 Å². The van der Waals surface area contributed by atoms with Crippen LogP contribution in [-0.4, -0.2) is 48.2 Å². The highest BCUT2D eigenvalue weighted by Crippen LogP contribution is 2.51. The van der Waals surface area contributed by atoms with Crippen LogP contribution in [0, 0.1) is 0 Å². The van der Waals surface area contributed by atoms with E-state index >= 15 is 0 Å². The average Bonchev–Trinajstić information content (AvgIpc) is 1.70. The Kier molecular flexibility index (Phi) is 19.8. The van der Waals surface area contributed by atoms with Crippen LogP contribution < -0.4 is 0 Å². The van der Waals surface area contributed by atoms with Crippen molar-refractivity contribution in [1.29, 1.82) is 0 Å². The summed E-state index contributed by atoms with van der Waals surface area (Å²) in [5.41, 5.74) is 33.2. The van der Waals surface area contributed by atoms with Crippen molar-refractivity contribution >= 4 is 120 Å². The van der Waals surface area contributed by atoms with Crippen LogP contribution in [0.4, 0.5) is 0 Å². The van der Waals surface area contributed by atoms with E-state index in [2.05, 4.69) is 530 Å². The van der Waals surface area contributed by atoms with E-state index in [0.29, 0.717) is 34.9 Å². The Labute approximate surface area is 836 Å². The van der Waals surface area contributed by atoms with Crippen molar-refractivity contribution in [1.82, 2.24) is 48.2 Å². The first-order chi connectivity index (χ1) is 71.6. The van der Waals surface area contributed by atoms with E-state index in [0.717, 1.165) is 106 Å².